The second kappa shape index (κ2) is 16.1. The Labute approximate surface area is 263 Å². The van der Waals surface area contributed by atoms with Gasteiger partial charge in [-0.2, -0.15) is 15.2 Å². The summed E-state index contributed by atoms with van der Waals surface area (Å²) in [6.45, 7) is 4.30. The van der Waals surface area contributed by atoms with E-state index in [4.69, 9.17) is 25.4 Å². The molecule has 2 saturated carbocycles. The lowest BCUT2D eigenvalue weighted by Gasteiger charge is -2.35. The van der Waals surface area contributed by atoms with E-state index >= 15 is 0 Å². The molecule has 0 saturated heterocycles. The second-order valence-corrected chi connectivity index (χ2v) is 11.2. The number of hydrogen-bond acceptors (Lipinski definition) is 11. The summed E-state index contributed by atoms with van der Waals surface area (Å²) in [6, 6.07) is 13.9. The molecule has 11 nitrogen and oxygen atoms in total. The third-order valence-electron chi connectivity index (χ3n) is 7.80. The molecule has 2 fully saturated rings. The number of fused-ring (bicyclic) bond motifs is 2. The lowest BCUT2D eigenvalue weighted by molar-refractivity contribution is -0.123. The Morgan fingerprint density at radius 3 is 1.80 bits per heavy atom. The number of Topliss-reactive ketones (excluding diaryl/α,β-unsaturated/α-hetero) is 1. The van der Waals surface area contributed by atoms with Gasteiger partial charge in [0.25, 0.3) is 0 Å². The van der Waals surface area contributed by atoms with E-state index in [2.05, 4.69) is 26.0 Å². The molecule has 6 rings (SSSR count). The molecule has 2 aliphatic rings. The zero-order valence-corrected chi connectivity index (χ0v) is 26.1. The van der Waals surface area contributed by atoms with Crippen LogP contribution in [0, 0.1) is 16.7 Å². The smallest absolute Gasteiger partial charge is 0.224 e. The number of aryl methyl sites for hydroxylation is 2. The highest BCUT2D eigenvalue weighted by atomic mass is 16.5. The first-order valence-electron chi connectivity index (χ1n) is 15.6. The molecular weight excluding hydrogens is 572 g/mol. The van der Waals surface area contributed by atoms with Crippen molar-refractivity contribution in [2.45, 2.75) is 71.6 Å². The van der Waals surface area contributed by atoms with E-state index in [-0.39, 0.29) is 31.8 Å². The molecule has 2 heterocycles. The Hall–Kier alpha value is -4.40. The van der Waals surface area contributed by atoms with Crippen molar-refractivity contribution in [3.8, 4) is 17.8 Å². The molecular formula is C34H42N6O5. The minimum absolute atomic E-state index is 0.0464. The molecule has 0 amide bonds. The highest BCUT2D eigenvalue weighted by Crippen LogP contribution is 2.43. The Morgan fingerprint density at radius 1 is 0.844 bits per heavy atom. The molecule has 238 valence electrons. The van der Waals surface area contributed by atoms with Crippen molar-refractivity contribution in [2.24, 2.45) is 5.41 Å². The topological polar surface area (TPSA) is 177 Å². The first kappa shape index (κ1) is 33.5. The van der Waals surface area contributed by atoms with Gasteiger partial charge in [-0.05, 0) is 61.6 Å². The van der Waals surface area contributed by atoms with Crippen molar-refractivity contribution < 1.29 is 24.5 Å². The van der Waals surface area contributed by atoms with Gasteiger partial charge >= 0.3 is 0 Å². The van der Waals surface area contributed by atoms with Crippen molar-refractivity contribution in [1.82, 2.24) is 19.9 Å². The number of aliphatic hydroxyl groups is 2. The predicted molar refractivity (Wildman–Crippen MR) is 172 cm³/mol. The third-order valence-corrected chi connectivity index (χ3v) is 7.80. The van der Waals surface area contributed by atoms with Crippen molar-refractivity contribution in [3.63, 3.8) is 0 Å². The highest BCUT2D eigenvalue weighted by molar-refractivity contribution is 5.86. The van der Waals surface area contributed by atoms with Gasteiger partial charge in [-0.1, -0.05) is 26.3 Å². The summed E-state index contributed by atoms with van der Waals surface area (Å²) >= 11 is 0. The van der Waals surface area contributed by atoms with E-state index in [0.29, 0.717) is 23.2 Å². The fourth-order valence-corrected chi connectivity index (χ4v) is 4.93. The maximum absolute atomic E-state index is 9.90. The van der Waals surface area contributed by atoms with Crippen LogP contribution in [0.3, 0.4) is 0 Å². The van der Waals surface area contributed by atoms with E-state index in [1.807, 2.05) is 38.1 Å². The fourth-order valence-electron chi connectivity index (χ4n) is 4.93. The van der Waals surface area contributed by atoms with Crippen LogP contribution in [0.4, 0.5) is 5.69 Å². The minimum Gasteiger partial charge on any atom is -0.475 e. The molecule has 2 aliphatic carbocycles. The standard InChI is InChI=1S/C18H21N3O2.C12H15N3O2.C4H6O/c1-2-16-20-15-5-4-13(11-18(12-19)6-3-7-18)10-14(15)17(21-16)23-9-8-22;1-2-11-14-10-4-3-8(13)7-9(10)12(15-11)17-6-5-16;5-4-2-1-3-4/h4-5,10,22H,2-3,6-9,11H2,1H3;3-4,7,16H,2,5-6,13H2,1H3;1-3H2. The van der Waals surface area contributed by atoms with E-state index in [9.17, 15) is 10.1 Å². The first-order chi connectivity index (χ1) is 21.8. The van der Waals surface area contributed by atoms with Gasteiger partial charge in [-0.15, -0.1) is 0 Å². The second-order valence-electron chi connectivity index (χ2n) is 11.2. The first-order valence-corrected chi connectivity index (χ1v) is 15.6. The van der Waals surface area contributed by atoms with Gasteiger partial charge in [0, 0.05) is 31.4 Å². The normalized spacial score (nSPS) is 14.6. The average Bonchev–Trinajstić information content (AvgIpc) is 3.03. The number of hydrogen-bond donors (Lipinski definition) is 3. The Kier molecular flexibility index (Phi) is 12.0. The number of nitrogens with zero attached hydrogens (tertiary/aromatic N) is 5. The van der Waals surface area contributed by atoms with Crippen molar-refractivity contribution in [2.75, 3.05) is 32.2 Å². The van der Waals surface area contributed by atoms with Crippen molar-refractivity contribution in [1.29, 1.82) is 5.26 Å². The number of carbonyl (C=O) groups excluding carboxylic acids is 1. The summed E-state index contributed by atoms with van der Waals surface area (Å²) in [5.74, 6) is 2.88. The summed E-state index contributed by atoms with van der Waals surface area (Å²) < 4.78 is 11.0. The molecule has 0 spiro atoms. The lowest BCUT2D eigenvalue weighted by atomic mass is 9.66. The Bertz CT molecular complexity index is 1640. The molecule has 4 aromatic rings. The summed E-state index contributed by atoms with van der Waals surface area (Å²) in [5.41, 5.74) is 8.92. The number of aromatic nitrogens is 4. The van der Waals surface area contributed by atoms with Crippen LogP contribution in [-0.2, 0) is 24.1 Å². The molecule has 2 aromatic heterocycles. The maximum Gasteiger partial charge on any atom is 0.224 e. The number of carbonyl (C=O) groups is 1. The van der Waals surface area contributed by atoms with Gasteiger partial charge in [0.15, 0.2) is 0 Å². The molecule has 0 radical (unpaired) electrons. The fraction of sp³-hybridized carbons (Fsp3) is 0.471. The van der Waals surface area contributed by atoms with Gasteiger partial charge in [-0.25, -0.2) is 9.97 Å². The number of rotatable bonds is 10. The maximum atomic E-state index is 9.90. The van der Waals surface area contributed by atoms with E-state index in [1.54, 1.807) is 12.1 Å². The van der Waals surface area contributed by atoms with Crippen LogP contribution in [0.2, 0.25) is 0 Å². The van der Waals surface area contributed by atoms with E-state index in [0.717, 1.165) is 96.8 Å². The highest BCUT2D eigenvalue weighted by Gasteiger charge is 2.37. The molecule has 4 N–H and O–H groups in total. The number of nitriles is 1. The van der Waals surface area contributed by atoms with Crippen molar-refractivity contribution in [3.05, 3.63) is 53.6 Å². The zero-order valence-electron chi connectivity index (χ0n) is 26.1. The average molecular weight is 615 g/mol. The number of nitrogens with two attached hydrogens (primary N) is 1. The SMILES string of the molecule is CCc1nc(OCCO)c2cc(CC3(C#N)CCC3)ccc2n1.CCc1nc(OCCO)c2cc(N)ccc2n1.O=C1CCC1. The minimum atomic E-state index is -0.204. The molecule has 2 aromatic carbocycles. The van der Waals surface area contributed by atoms with Gasteiger partial charge in [-0.3, -0.25) is 4.79 Å². The Morgan fingerprint density at radius 2 is 1.38 bits per heavy atom. The summed E-state index contributed by atoms with van der Waals surface area (Å²) in [4.78, 5) is 27.6. The molecule has 0 bridgehead atoms. The number of aliphatic hydroxyl groups excluding tert-OH is 2. The monoisotopic (exact) mass is 614 g/mol. The summed E-state index contributed by atoms with van der Waals surface area (Å²) in [5, 5.41) is 28.8. The zero-order chi connectivity index (χ0) is 32.2. The predicted octanol–water partition coefficient (Wildman–Crippen LogP) is 4.68. The Balaban J connectivity index is 0.000000183. The summed E-state index contributed by atoms with van der Waals surface area (Å²) in [6.07, 6.45) is 8.13. The van der Waals surface area contributed by atoms with Crippen molar-refractivity contribution >= 4 is 33.3 Å². The van der Waals surface area contributed by atoms with E-state index in [1.165, 1.54) is 0 Å². The van der Waals surface area contributed by atoms with Crippen LogP contribution in [0.1, 0.15) is 69.6 Å². The summed E-state index contributed by atoms with van der Waals surface area (Å²) in [7, 11) is 0. The number of nitrogen functional groups attached to an aromatic ring is 1. The molecule has 0 aliphatic heterocycles. The number of anilines is 1. The van der Waals surface area contributed by atoms with Crippen LogP contribution in [0.5, 0.6) is 11.8 Å². The lowest BCUT2D eigenvalue weighted by Crippen LogP contribution is -2.29. The van der Waals surface area contributed by atoms with Crippen LogP contribution >= 0.6 is 0 Å². The molecule has 11 heteroatoms. The number of ether oxygens (including phenoxy) is 2. The quantitative estimate of drug-likeness (QED) is 0.211. The third kappa shape index (κ3) is 8.84. The molecule has 0 atom stereocenters. The van der Waals surface area contributed by atoms with Gasteiger partial charge in [0.05, 0.1) is 46.5 Å². The van der Waals surface area contributed by atoms with Crippen LogP contribution in [-0.4, -0.2) is 62.4 Å². The van der Waals surface area contributed by atoms with Crippen LogP contribution in [0.15, 0.2) is 36.4 Å². The van der Waals surface area contributed by atoms with Crippen LogP contribution < -0.4 is 15.2 Å². The molecule has 0 unspecified atom stereocenters. The van der Waals surface area contributed by atoms with Gasteiger partial charge in [0.1, 0.15) is 30.6 Å². The largest absolute Gasteiger partial charge is 0.475 e. The molecule has 45 heavy (non-hydrogen) atoms. The van der Waals surface area contributed by atoms with Gasteiger partial charge < -0.3 is 25.4 Å². The number of ketones is 1. The van der Waals surface area contributed by atoms with Crippen LogP contribution in [0.25, 0.3) is 21.8 Å². The van der Waals surface area contributed by atoms with E-state index < -0.39 is 0 Å². The van der Waals surface area contributed by atoms with Gasteiger partial charge in [0.2, 0.25) is 11.8 Å². The number of benzene rings is 2.